The van der Waals surface area contributed by atoms with Crippen LogP contribution in [0.3, 0.4) is 0 Å². The van der Waals surface area contributed by atoms with Crippen molar-refractivity contribution >= 4 is 23.6 Å². The van der Waals surface area contributed by atoms with Gasteiger partial charge in [0.25, 0.3) is 5.69 Å². The van der Waals surface area contributed by atoms with Crippen LogP contribution in [0.25, 0.3) is 6.08 Å². The SMILES string of the molecule is COc1ccccc1C=C1N=C(c2cccc([N+](=O)[O-])c2)OC1=O. The average molecular weight is 324 g/mol. The highest BCUT2D eigenvalue weighted by molar-refractivity contribution is 6.13. The molecule has 2 aromatic rings. The van der Waals surface area contributed by atoms with Gasteiger partial charge in [-0.3, -0.25) is 10.1 Å². The third kappa shape index (κ3) is 3.00. The first-order valence-electron chi connectivity index (χ1n) is 6.99. The molecule has 7 heteroatoms. The minimum atomic E-state index is -0.623. The molecule has 0 bridgehead atoms. The molecule has 0 amide bonds. The Morgan fingerprint density at radius 2 is 2.00 bits per heavy atom. The summed E-state index contributed by atoms with van der Waals surface area (Å²) in [6, 6.07) is 12.9. The van der Waals surface area contributed by atoms with E-state index < -0.39 is 10.9 Å². The quantitative estimate of drug-likeness (QED) is 0.373. The van der Waals surface area contributed by atoms with E-state index in [0.717, 1.165) is 0 Å². The van der Waals surface area contributed by atoms with Gasteiger partial charge >= 0.3 is 5.97 Å². The van der Waals surface area contributed by atoms with Gasteiger partial charge < -0.3 is 9.47 Å². The molecule has 0 unspecified atom stereocenters. The number of nitro groups is 1. The summed E-state index contributed by atoms with van der Waals surface area (Å²) < 4.78 is 10.3. The molecule has 0 fully saturated rings. The number of methoxy groups -OCH3 is 1. The van der Waals surface area contributed by atoms with Gasteiger partial charge in [-0.2, -0.15) is 0 Å². The van der Waals surface area contributed by atoms with E-state index in [2.05, 4.69) is 4.99 Å². The summed E-state index contributed by atoms with van der Waals surface area (Å²) in [4.78, 5) is 26.5. The highest BCUT2D eigenvalue weighted by Gasteiger charge is 2.25. The van der Waals surface area contributed by atoms with Crippen LogP contribution in [-0.2, 0) is 9.53 Å². The highest BCUT2D eigenvalue weighted by Crippen LogP contribution is 2.25. The first-order valence-corrected chi connectivity index (χ1v) is 6.99. The van der Waals surface area contributed by atoms with E-state index in [1.165, 1.54) is 25.3 Å². The molecule has 0 aliphatic carbocycles. The fourth-order valence-corrected chi connectivity index (χ4v) is 2.22. The number of non-ortho nitro benzene ring substituents is 1. The van der Waals surface area contributed by atoms with Crippen molar-refractivity contribution in [1.82, 2.24) is 0 Å². The van der Waals surface area contributed by atoms with Crippen molar-refractivity contribution in [2.75, 3.05) is 7.11 Å². The van der Waals surface area contributed by atoms with Crippen LogP contribution in [0.2, 0.25) is 0 Å². The number of aliphatic imine (C=N–C) groups is 1. The third-order valence-electron chi connectivity index (χ3n) is 3.36. The average Bonchev–Trinajstić information content (AvgIpc) is 2.96. The van der Waals surface area contributed by atoms with Crippen molar-refractivity contribution in [2.45, 2.75) is 0 Å². The van der Waals surface area contributed by atoms with Crippen LogP contribution in [0.15, 0.2) is 59.2 Å². The van der Waals surface area contributed by atoms with Gasteiger partial charge in [0.05, 0.1) is 12.0 Å². The van der Waals surface area contributed by atoms with Crippen molar-refractivity contribution < 1.29 is 19.2 Å². The number of cyclic esters (lactones) is 1. The minimum absolute atomic E-state index is 0.0323. The Bertz CT molecular complexity index is 886. The predicted molar refractivity (Wildman–Crippen MR) is 86.7 cm³/mol. The maximum Gasteiger partial charge on any atom is 0.363 e. The molecule has 0 radical (unpaired) electrons. The van der Waals surface area contributed by atoms with E-state index in [4.69, 9.17) is 9.47 Å². The lowest BCUT2D eigenvalue weighted by Crippen LogP contribution is -2.05. The number of para-hydroxylation sites is 1. The molecule has 1 heterocycles. The number of esters is 1. The summed E-state index contributed by atoms with van der Waals surface area (Å²) in [5, 5.41) is 10.8. The molecule has 0 saturated carbocycles. The number of carbonyl (C=O) groups excluding carboxylic acids is 1. The fourth-order valence-electron chi connectivity index (χ4n) is 2.22. The Morgan fingerprint density at radius 1 is 1.21 bits per heavy atom. The van der Waals surface area contributed by atoms with Gasteiger partial charge in [-0.05, 0) is 18.2 Å². The summed E-state index contributed by atoms with van der Waals surface area (Å²) >= 11 is 0. The van der Waals surface area contributed by atoms with E-state index in [1.54, 1.807) is 30.3 Å². The first kappa shape index (κ1) is 15.4. The Labute approximate surface area is 137 Å². The van der Waals surface area contributed by atoms with Crippen molar-refractivity contribution in [3.63, 3.8) is 0 Å². The van der Waals surface area contributed by atoms with E-state index in [9.17, 15) is 14.9 Å². The molecule has 0 spiro atoms. The zero-order valence-corrected chi connectivity index (χ0v) is 12.6. The van der Waals surface area contributed by atoms with Gasteiger partial charge in [0, 0.05) is 23.3 Å². The number of ether oxygens (including phenoxy) is 2. The number of hydrogen-bond donors (Lipinski definition) is 0. The summed E-state index contributed by atoms with van der Waals surface area (Å²) in [6.07, 6.45) is 1.55. The molecule has 0 aromatic heterocycles. The van der Waals surface area contributed by atoms with E-state index in [1.807, 2.05) is 6.07 Å². The molecular formula is C17H12N2O5. The second kappa shape index (κ2) is 6.33. The van der Waals surface area contributed by atoms with E-state index in [0.29, 0.717) is 16.9 Å². The normalized spacial score (nSPS) is 15.1. The Balaban J connectivity index is 1.97. The highest BCUT2D eigenvalue weighted by atomic mass is 16.6. The molecule has 3 rings (SSSR count). The fraction of sp³-hybridized carbons (Fsp3) is 0.0588. The number of rotatable bonds is 4. The Kier molecular flexibility index (Phi) is 4.07. The molecule has 0 N–H and O–H groups in total. The summed E-state index contributed by atoms with van der Waals surface area (Å²) in [6.45, 7) is 0. The zero-order chi connectivity index (χ0) is 17.1. The smallest absolute Gasteiger partial charge is 0.363 e. The van der Waals surface area contributed by atoms with Crippen LogP contribution in [0.1, 0.15) is 11.1 Å². The van der Waals surface area contributed by atoms with Crippen LogP contribution in [-0.4, -0.2) is 23.9 Å². The van der Waals surface area contributed by atoms with E-state index >= 15 is 0 Å². The largest absolute Gasteiger partial charge is 0.496 e. The lowest BCUT2D eigenvalue weighted by molar-refractivity contribution is -0.384. The minimum Gasteiger partial charge on any atom is -0.496 e. The molecule has 1 aliphatic heterocycles. The number of nitro benzene ring substituents is 1. The molecule has 120 valence electrons. The predicted octanol–water partition coefficient (Wildman–Crippen LogP) is 2.95. The summed E-state index contributed by atoms with van der Waals surface area (Å²) in [5.41, 5.74) is 1.03. The van der Waals surface area contributed by atoms with Gasteiger partial charge in [0.1, 0.15) is 5.75 Å². The van der Waals surface area contributed by atoms with Crippen LogP contribution in [0.5, 0.6) is 5.75 Å². The van der Waals surface area contributed by atoms with Gasteiger partial charge in [-0.15, -0.1) is 0 Å². The van der Waals surface area contributed by atoms with Crippen molar-refractivity contribution in [1.29, 1.82) is 0 Å². The lowest BCUT2D eigenvalue weighted by Gasteiger charge is -2.03. The van der Waals surface area contributed by atoms with Crippen molar-refractivity contribution in [3.05, 3.63) is 75.5 Å². The Morgan fingerprint density at radius 3 is 2.75 bits per heavy atom. The van der Waals surface area contributed by atoms with Crippen molar-refractivity contribution in [3.8, 4) is 5.75 Å². The zero-order valence-electron chi connectivity index (χ0n) is 12.6. The maximum atomic E-state index is 12.0. The molecule has 24 heavy (non-hydrogen) atoms. The first-order chi connectivity index (χ1) is 11.6. The van der Waals surface area contributed by atoms with Gasteiger partial charge in [-0.25, -0.2) is 9.79 Å². The molecule has 0 atom stereocenters. The second-order valence-corrected chi connectivity index (χ2v) is 4.89. The topological polar surface area (TPSA) is 91.0 Å². The summed E-state index contributed by atoms with van der Waals surface area (Å²) in [5.74, 6) is 0.00376. The number of benzene rings is 2. The van der Waals surface area contributed by atoms with Crippen LogP contribution < -0.4 is 4.74 Å². The van der Waals surface area contributed by atoms with Gasteiger partial charge in [-0.1, -0.05) is 24.3 Å². The second-order valence-electron chi connectivity index (χ2n) is 4.89. The van der Waals surface area contributed by atoms with Crippen molar-refractivity contribution in [2.24, 2.45) is 4.99 Å². The summed E-state index contributed by atoms with van der Waals surface area (Å²) in [7, 11) is 1.53. The van der Waals surface area contributed by atoms with E-state index in [-0.39, 0.29) is 17.3 Å². The lowest BCUT2D eigenvalue weighted by atomic mass is 10.1. The molecule has 1 aliphatic rings. The third-order valence-corrected chi connectivity index (χ3v) is 3.36. The molecule has 0 saturated heterocycles. The monoisotopic (exact) mass is 324 g/mol. The van der Waals surface area contributed by atoms with Crippen LogP contribution in [0, 0.1) is 10.1 Å². The maximum absolute atomic E-state index is 12.0. The molecular weight excluding hydrogens is 312 g/mol. The molecule has 7 nitrogen and oxygen atoms in total. The number of carbonyl (C=O) groups is 1. The Hall–Kier alpha value is -3.48. The number of nitrogens with zero attached hydrogens (tertiary/aromatic N) is 2. The molecule has 2 aromatic carbocycles. The van der Waals surface area contributed by atoms with Crippen LogP contribution >= 0.6 is 0 Å². The van der Waals surface area contributed by atoms with Gasteiger partial charge in [0.15, 0.2) is 5.70 Å². The number of hydrogen-bond acceptors (Lipinski definition) is 6. The van der Waals surface area contributed by atoms with Gasteiger partial charge in [0.2, 0.25) is 5.90 Å². The standard InChI is InChI=1S/C17H12N2O5/c1-23-15-8-3-2-5-11(15)10-14-17(20)24-16(18-14)12-6-4-7-13(9-12)19(21)22/h2-10H,1H3. The van der Waals surface area contributed by atoms with Crippen LogP contribution in [0.4, 0.5) is 5.69 Å².